The molecule has 0 aromatic heterocycles. The van der Waals surface area contributed by atoms with E-state index in [1.165, 1.54) is 6.26 Å². The number of nitrogens with one attached hydrogen (secondary N) is 1. The highest BCUT2D eigenvalue weighted by Crippen LogP contribution is 2.11. The number of nitrogens with zero attached hydrogens (tertiary/aromatic N) is 1. The Bertz CT molecular complexity index is 525. The summed E-state index contributed by atoms with van der Waals surface area (Å²) in [5.74, 6) is 0. The van der Waals surface area contributed by atoms with Crippen LogP contribution in [-0.4, -0.2) is 20.2 Å². The molecule has 0 unspecified atom stereocenters. The molecule has 0 aliphatic carbocycles. The molecule has 1 rings (SSSR count). The van der Waals surface area contributed by atoms with Crippen LogP contribution >= 0.6 is 0 Å². The zero-order valence-corrected chi connectivity index (χ0v) is 11.0. The molecule has 0 saturated carbocycles. The minimum atomic E-state index is -3.14. The van der Waals surface area contributed by atoms with Gasteiger partial charge in [0.05, 0.1) is 11.0 Å². The van der Waals surface area contributed by atoms with Crippen molar-refractivity contribution in [1.82, 2.24) is 5.32 Å². The first kappa shape index (κ1) is 13.7. The zero-order valence-electron chi connectivity index (χ0n) is 10.2. The van der Waals surface area contributed by atoms with Crippen molar-refractivity contribution >= 4 is 9.84 Å². The van der Waals surface area contributed by atoms with Gasteiger partial charge in [0.15, 0.2) is 9.84 Å². The number of nitriles is 1. The molecular formula is C12H16N2O2S. The van der Waals surface area contributed by atoms with Gasteiger partial charge in [-0.25, -0.2) is 8.42 Å². The molecule has 0 bridgehead atoms. The molecule has 0 fully saturated rings. The zero-order chi connectivity index (χ0) is 13.1. The predicted octanol–water partition coefficient (Wildman–Crippen LogP) is 1.48. The molecule has 0 aliphatic rings. The van der Waals surface area contributed by atoms with Crippen LogP contribution in [-0.2, 0) is 16.4 Å². The van der Waals surface area contributed by atoms with E-state index in [1.807, 2.05) is 0 Å². The van der Waals surface area contributed by atoms with Gasteiger partial charge in [-0.05, 0) is 31.5 Å². The average molecular weight is 252 g/mol. The van der Waals surface area contributed by atoms with Crippen LogP contribution in [0.15, 0.2) is 29.2 Å². The summed E-state index contributed by atoms with van der Waals surface area (Å²) in [5.41, 5.74) is 0.357. The molecule has 0 aliphatic heterocycles. The van der Waals surface area contributed by atoms with E-state index in [4.69, 9.17) is 5.26 Å². The summed E-state index contributed by atoms with van der Waals surface area (Å²) in [6.07, 6.45) is 1.18. The molecule has 0 spiro atoms. The van der Waals surface area contributed by atoms with Gasteiger partial charge in [0, 0.05) is 12.8 Å². The summed E-state index contributed by atoms with van der Waals surface area (Å²) >= 11 is 0. The lowest BCUT2D eigenvalue weighted by Gasteiger charge is -2.17. The first-order valence-electron chi connectivity index (χ1n) is 5.20. The Kier molecular flexibility index (Phi) is 3.91. The summed E-state index contributed by atoms with van der Waals surface area (Å²) in [5, 5.41) is 11.9. The Balaban J connectivity index is 2.74. The summed E-state index contributed by atoms with van der Waals surface area (Å²) in [6, 6.07) is 8.78. The molecule has 0 heterocycles. The third-order valence-corrected chi connectivity index (χ3v) is 3.49. The van der Waals surface area contributed by atoms with Gasteiger partial charge in [-0.2, -0.15) is 5.26 Å². The van der Waals surface area contributed by atoms with Crippen LogP contribution in [0.1, 0.15) is 19.4 Å². The van der Waals surface area contributed by atoms with Gasteiger partial charge in [0.25, 0.3) is 0 Å². The van der Waals surface area contributed by atoms with Gasteiger partial charge < -0.3 is 0 Å². The van der Waals surface area contributed by atoms with Crippen LogP contribution < -0.4 is 5.32 Å². The van der Waals surface area contributed by atoms with Crippen LogP contribution in [0, 0.1) is 11.3 Å². The van der Waals surface area contributed by atoms with Gasteiger partial charge in [0.1, 0.15) is 5.54 Å². The fraction of sp³-hybridized carbons (Fsp3) is 0.417. The minimum absolute atomic E-state index is 0.306. The second-order valence-electron chi connectivity index (χ2n) is 4.51. The molecule has 1 aromatic carbocycles. The van der Waals surface area contributed by atoms with Crippen LogP contribution in [0.3, 0.4) is 0 Å². The largest absolute Gasteiger partial charge is 0.296 e. The van der Waals surface area contributed by atoms with Crippen molar-refractivity contribution in [2.75, 3.05) is 6.26 Å². The third kappa shape index (κ3) is 4.17. The standard InChI is InChI=1S/C12H16N2O2S/c1-12(2,9-13)14-8-10-4-6-11(7-5-10)17(3,15)16/h4-7,14H,8H2,1-3H3. The van der Waals surface area contributed by atoms with Gasteiger partial charge >= 0.3 is 0 Å². The van der Waals surface area contributed by atoms with Crippen LogP contribution in [0.5, 0.6) is 0 Å². The molecule has 92 valence electrons. The molecule has 0 amide bonds. The van der Waals surface area contributed by atoms with E-state index < -0.39 is 15.4 Å². The first-order valence-corrected chi connectivity index (χ1v) is 7.09. The van der Waals surface area contributed by atoms with Crippen molar-refractivity contribution in [3.05, 3.63) is 29.8 Å². The lowest BCUT2D eigenvalue weighted by molar-refractivity contribution is 0.485. The SMILES string of the molecule is CC(C)(C#N)NCc1ccc(S(C)(=O)=O)cc1. The van der Waals surface area contributed by atoms with Gasteiger partial charge in [-0.3, -0.25) is 5.32 Å². The highest BCUT2D eigenvalue weighted by Gasteiger charge is 2.15. The molecule has 0 saturated heterocycles. The molecule has 1 aromatic rings. The van der Waals surface area contributed by atoms with Crippen molar-refractivity contribution in [2.45, 2.75) is 30.8 Å². The Labute approximate surface area is 102 Å². The monoisotopic (exact) mass is 252 g/mol. The predicted molar refractivity (Wildman–Crippen MR) is 66.1 cm³/mol. The summed E-state index contributed by atoms with van der Waals surface area (Å²) < 4.78 is 22.5. The number of benzene rings is 1. The number of hydrogen-bond acceptors (Lipinski definition) is 4. The molecule has 0 radical (unpaired) electrons. The van der Waals surface area contributed by atoms with Crippen LogP contribution in [0.2, 0.25) is 0 Å². The first-order chi connectivity index (χ1) is 7.74. The normalized spacial score (nSPS) is 12.1. The topological polar surface area (TPSA) is 70.0 Å². The number of sulfone groups is 1. The van der Waals surface area contributed by atoms with E-state index in [0.717, 1.165) is 5.56 Å². The van der Waals surface area contributed by atoms with Crippen LogP contribution in [0.4, 0.5) is 0 Å². The fourth-order valence-electron chi connectivity index (χ4n) is 1.22. The van der Waals surface area contributed by atoms with Gasteiger partial charge in [-0.1, -0.05) is 12.1 Å². The van der Waals surface area contributed by atoms with Crippen molar-refractivity contribution in [3.63, 3.8) is 0 Å². The van der Waals surface area contributed by atoms with Crippen molar-refractivity contribution in [1.29, 1.82) is 5.26 Å². The maximum absolute atomic E-state index is 11.2. The summed E-state index contributed by atoms with van der Waals surface area (Å²) in [7, 11) is -3.14. The molecule has 4 nitrogen and oxygen atoms in total. The van der Waals surface area contributed by atoms with E-state index >= 15 is 0 Å². The van der Waals surface area contributed by atoms with E-state index in [9.17, 15) is 8.42 Å². The van der Waals surface area contributed by atoms with Crippen molar-refractivity contribution in [3.8, 4) is 6.07 Å². The quantitative estimate of drug-likeness (QED) is 0.881. The van der Waals surface area contributed by atoms with Crippen molar-refractivity contribution in [2.24, 2.45) is 0 Å². The molecule has 1 N–H and O–H groups in total. The molecule has 0 atom stereocenters. The lowest BCUT2D eigenvalue weighted by atomic mass is 10.1. The molecular weight excluding hydrogens is 236 g/mol. The smallest absolute Gasteiger partial charge is 0.175 e. The summed E-state index contributed by atoms with van der Waals surface area (Å²) in [6.45, 7) is 4.11. The second-order valence-corrected chi connectivity index (χ2v) is 6.52. The summed E-state index contributed by atoms with van der Waals surface area (Å²) in [4.78, 5) is 0.306. The third-order valence-electron chi connectivity index (χ3n) is 2.37. The maximum atomic E-state index is 11.2. The maximum Gasteiger partial charge on any atom is 0.175 e. The Morgan fingerprint density at radius 1 is 1.29 bits per heavy atom. The number of hydrogen-bond donors (Lipinski definition) is 1. The minimum Gasteiger partial charge on any atom is -0.296 e. The Morgan fingerprint density at radius 3 is 2.24 bits per heavy atom. The average Bonchev–Trinajstić information content (AvgIpc) is 2.26. The highest BCUT2D eigenvalue weighted by molar-refractivity contribution is 7.90. The number of rotatable bonds is 4. The van der Waals surface area contributed by atoms with E-state index in [-0.39, 0.29) is 0 Å². The van der Waals surface area contributed by atoms with Crippen molar-refractivity contribution < 1.29 is 8.42 Å². The van der Waals surface area contributed by atoms with Crippen LogP contribution in [0.25, 0.3) is 0 Å². The Hall–Kier alpha value is -1.38. The lowest BCUT2D eigenvalue weighted by Crippen LogP contribution is -2.36. The highest BCUT2D eigenvalue weighted by atomic mass is 32.2. The second kappa shape index (κ2) is 4.86. The van der Waals surface area contributed by atoms with E-state index in [1.54, 1.807) is 38.1 Å². The van der Waals surface area contributed by atoms with E-state index in [0.29, 0.717) is 11.4 Å². The molecule has 5 heteroatoms. The van der Waals surface area contributed by atoms with Gasteiger partial charge in [-0.15, -0.1) is 0 Å². The fourth-order valence-corrected chi connectivity index (χ4v) is 1.85. The molecule has 17 heavy (non-hydrogen) atoms. The Morgan fingerprint density at radius 2 is 1.82 bits per heavy atom. The van der Waals surface area contributed by atoms with E-state index in [2.05, 4.69) is 11.4 Å². The van der Waals surface area contributed by atoms with Gasteiger partial charge in [0.2, 0.25) is 0 Å².